The molecule has 0 radical (unpaired) electrons. The van der Waals surface area contributed by atoms with Crippen LogP contribution in [-0.4, -0.2) is 16.6 Å². The van der Waals surface area contributed by atoms with Gasteiger partial charge in [-0.1, -0.05) is 44.2 Å². The van der Waals surface area contributed by atoms with E-state index in [0.717, 1.165) is 5.56 Å². The fourth-order valence-corrected chi connectivity index (χ4v) is 3.21. The molecule has 0 spiro atoms. The average Bonchev–Trinajstić information content (AvgIpc) is 2.60. The quantitative estimate of drug-likeness (QED) is 0.616. The van der Waals surface area contributed by atoms with Crippen molar-refractivity contribution in [1.82, 2.24) is 0 Å². The van der Waals surface area contributed by atoms with Gasteiger partial charge in [0.05, 0.1) is 17.8 Å². The largest absolute Gasteiger partial charge is 0.506 e. The maximum absolute atomic E-state index is 13.2. The van der Waals surface area contributed by atoms with E-state index in [1.54, 1.807) is 0 Å². The number of hydrogen-bond acceptors (Lipinski definition) is 3. The minimum absolute atomic E-state index is 0.127. The normalized spacial score (nSPS) is 20.3. The number of carbonyl (C=O) groups is 1. The fourth-order valence-electron chi connectivity index (χ4n) is 3.21. The van der Waals surface area contributed by atoms with Gasteiger partial charge >= 0.3 is 0 Å². The lowest BCUT2D eigenvalue weighted by molar-refractivity contribution is -0.117. The van der Waals surface area contributed by atoms with Crippen molar-refractivity contribution in [1.29, 1.82) is 0 Å². The summed E-state index contributed by atoms with van der Waals surface area (Å²) in [6, 6.07) is 15.3. The number of hydrogen-bond donors (Lipinski definition) is 1. The van der Waals surface area contributed by atoms with E-state index in [-0.39, 0.29) is 28.3 Å². The predicted octanol–water partition coefficient (Wildman–Crippen LogP) is 5.13. The van der Waals surface area contributed by atoms with E-state index in [9.17, 15) is 14.3 Å². The Labute approximate surface area is 152 Å². The SMILES string of the molecule is CC1(C)CC(=O)/C(=C(/O)c2ccc(F)cc2)C(=NCc2ccccc2)C1. The molecule has 0 atom stereocenters. The molecule has 26 heavy (non-hydrogen) atoms. The molecule has 0 saturated heterocycles. The van der Waals surface area contributed by atoms with Gasteiger partial charge in [0.2, 0.25) is 0 Å². The lowest BCUT2D eigenvalue weighted by atomic mass is 9.73. The average molecular weight is 351 g/mol. The van der Waals surface area contributed by atoms with E-state index in [4.69, 9.17) is 0 Å². The Kier molecular flexibility index (Phi) is 5.03. The number of allylic oxidation sites excluding steroid dienone is 1. The highest BCUT2D eigenvalue weighted by Gasteiger charge is 2.36. The molecule has 1 aliphatic rings. The van der Waals surface area contributed by atoms with Crippen molar-refractivity contribution in [2.24, 2.45) is 10.4 Å². The molecule has 3 rings (SSSR count). The first-order chi connectivity index (χ1) is 12.4. The van der Waals surface area contributed by atoms with Gasteiger partial charge in [0.1, 0.15) is 11.6 Å². The molecule has 1 N–H and O–H groups in total. The second kappa shape index (κ2) is 7.24. The van der Waals surface area contributed by atoms with Crippen LogP contribution < -0.4 is 0 Å². The Hall–Kier alpha value is -2.75. The second-order valence-corrected chi connectivity index (χ2v) is 7.42. The van der Waals surface area contributed by atoms with Crippen LogP contribution in [0.5, 0.6) is 0 Å². The molecular formula is C22H22FNO2. The Morgan fingerprint density at radius 3 is 2.38 bits per heavy atom. The summed E-state index contributed by atoms with van der Waals surface area (Å²) in [5.41, 5.74) is 2.11. The summed E-state index contributed by atoms with van der Waals surface area (Å²) in [7, 11) is 0. The lowest BCUT2D eigenvalue weighted by Gasteiger charge is -2.31. The highest BCUT2D eigenvalue weighted by molar-refractivity contribution is 6.28. The topological polar surface area (TPSA) is 49.7 Å². The number of ketones is 1. The van der Waals surface area contributed by atoms with Crippen molar-refractivity contribution >= 4 is 17.3 Å². The van der Waals surface area contributed by atoms with Crippen molar-refractivity contribution < 1.29 is 14.3 Å². The summed E-state index contributed by atoms with van der Waals surface area (Å²) in [5.74, 6) is -0.646. The zero-order valence-corrected chi connectivity index (χ0v) is 15.0. The highest BCUT2D eigenvalue weighted by atomic mass is 19.1. The van der Waals surface area contributed by atoms with Crippen LogP contribution in [0, 0.1) is 11.2 Å². The first-order valence-electron chi connectivity index (χ1n) is 8.66. The van der Waals surface area contributed by atoms with Gasteiger partial charge in [-0.05, 0) is 41.7 Å². The maximum atomic E-state index is 13.2. The smallest absolute Gasteiger partial charge is 0.168 e. The van der Waals surface area contributed by atoms with E-state index in [1.165, 1.54) is 24.3 Å². The Morgan fingerprint density at radius 1 is 1.08 bits per heavy atom. The van der Waals surface area contributed by atoms with E-state index < -0.39 is 0 Å². The van der Waals surface area contributed by atoms with Crippen LogP contribution in [0.15, 0.2) is 65.2 Å². The molecule has 1 fully saturated rings. The van der Waals surface area contributed by atoms with Crippen molar-refractivity contribution in [3.05, 3.63) is 77.1 Å². The minimum Gasteiger partial charge on any atom is -0.506 e. The molecule has 2 aromatic carbocycles. The molecule has 1 saturated carbocycles. The molecule has 2 aromatic rings. The van der Waals surface area contributed by atoms with E-state index >= 15 is 0 Å². The number of aliphatic hydroxyl groups excluding tert-OH is 1. The Morgan fingerprint density at radius 2 is 1.73 bits per heavy atom. The van der Waals surface area contributed by atoms with Gasteiger partial charge in [0.25, 0.3) is 0 Å². The van der Waals surface area contributed by atoms with Crippen LogP contribution in [0.25, 0.3) is 5.76 Å². The van der Waals surface area contributed by atoms with Crippen LogP contribution in [0.2, 0.25) is 0 Å². The second-order valence-electron chi connectivity index (χ2n) is 7.42. The number of carbonyl (C=O) groups excluding carboxylic acids is 1. The number of nitrogens with zero attached hydrogens (tertiary/aromatic N) is 1. The van der Waals surface area contributed by atoms with E-state index in [0.29, 0.717) is 30.7 Å². The number of aliphatic imine (C=N–C) groups is 1. The first-order valence-corrected chi connectivity index (χ1v) is 8.66. The zero-order chi connectivity index (χ0) is 18.7. The van der Waals surface area contributed by atoms with Gasteiger partial charge in [0, 0.05) is 12.0 Å². The molecule has 4 heteroatoms. The Bertz CT molecular complexity index is 865. The fraction of sp³-hybridized carbons (Fsp3) is 0.273. The third kappa shape index (κ3) is 4.07. The number of Topliss-reactive ketones (excluding diaryl/α,β-unsaturated/α-hetero) is 1. The molecule has 134 valence electrons. The third-order valence-corrected chi connectivity index (χ3v) is 4.50. The predicted molar refractivity (Wildman–Crippen MR) is 102 cm³/mol. The Balaban J connectivity index is 2.02. The lowest BCUT2D eigenvalue weighted by Crippen LogP contribution is -2.32. The number of rotatable bonds is 3. The minimum atomic E-state index is -0.388. The highest BCUT2D eigenvalue weighted by Crippen LogP contribution is 2.37. The van der Waals surface area contributed by atoms with Gasteiger partial charge in [-0.2, -0.15) is 0 Å². The molecule has 0 unspecified atom stereocenters. The van der Waals surface area contributed by atoms with E-state index in [2.05, 4.69) is 4.99 Å². The number of benzene rings is 2. The van der Waals surface area contributed by atoms with Gasteiger partial charge < -0.3 is 5.11 Å². The van der Waals surface area contributed by atoms with Gasteiger partial charge in [0.15, 0.2) is 5.78 Å². The van der Waals surface area contributed by atoms with Crippen molar-refractivity contribution in [2.75, 3.05) is 0 Å². The molecule has 0 heterocycles. The standard InChI is InChI=1S/C22H22FNO2/c1-22(2)12-18(24-14-15-6-4-3-5-7-15)20(19(25)13-22)21(26)16-8-10-17(23)11-9-16/h3-11,26H,12-14H2,1-2H3/b21-20+,24-18?. The van der Waals surface area contributed by atoms with E-state index in [1.807, 2.05) is 44.2 Å². The van der Waals surface area contributed by atoms with Gasteiger partial charge in [-0.3, -0.25) is 9.79 Å². The summed E-state index contributed by atoms with van der Waals surface area (Å²) < 4.78 is 13.2. The van der Waals surface area contributed by atoms with Crippen molar-refractivity contribution in [3.8, 4) is 0 Å². The number of halogens is 1. The number of aliphatic hydroxyl groups is 1. The summed E-state index contributed by atoms with van der Waals surface area (Å²) in [5, 5.41) is 10.7. The van der Waals surface area contributed by atoms with Gasteiger partial charge in [-0.15, -0.1) is 0 Å². The maximum Gasteiger partial charge on any atom is 0.168 e. The van der Waals surface area contributed by atoms with Crippen LogP contribution in [0.3, 0.4) is 0 Å². The monoisotopic (exact) mass is 351 g/mol. The van der Waals surface area contributed by atoms with Crippen molar-refractivity contribution in [2.45, 2.75) is 33.2 Å². The van der Waals surface area contributed by atoms with Crippen LogP contribution >= 0.6 is 0 Å². The zero-order valence-electron chi connectivity index (χ0n) is 15.0. The summed E-state index contributed by atoms with van der Waals surface area (Å²) in [6.45, 7) is 4.49. The van der Waals surface area contributed by atoms with Crippen LogP contribution in [0.1, 0.15) is 37.8 Å². The summed E-state index contributed by atoms with van der Waals surface area (Å²) in [6.07, 6.45) is 0.949. The van der Waals surface area contributed by atoms with Crippen LogP contribution in [0.4, 0.5) is 4.39 Å². The molecule has 0 bridgehead atoms. The molecule has 0 aliphatic heterocycles. The summed E-state index contributed by atoms with van der Waals surface area (Å²) in [4.78, 5) is 17.4. The first kappa shape index (κ1) is 18.1. The molecule has 1 aliphatic carbocycles. The molecular weight excluding hydrogens is 329 g/mol. The van der Waals surface area contributed by atoms with Crippen molar-refractivity contribution in [3.63, 3.8) is 0 Å². The van der Waals surface area contributed by atoms with Crippen LogP contribution in [-0.2, 0) is 11.3 Å². The molecule has 0 amide bonds. The molecule has 3 nitrogen and oxygen atoms in total. The third-order valence-electron chi connectivity index (χ3n) is 4.50. The molecule has 0 aromatic heterocycles. The summed E-state index contributed by atoms with van der Waals surface area (Å²) >= 11 is 0. The van der Waals surface area contributed by atoms with Gasteiger partial charge in [-0.25, -0.2) is 4.39 Å².